The van der Waals surface area contributed by atoms with E-state index in [1.807, 2.05) is 0 Å². The fourth-order valence-corrected chi connectivity index (χ4v) is 1.87. The lowest BCUT2D eigenvalue weighted by molar-refractivity contribution is 0.314. The fraction of sp³-hybridized carbons (Fsp3) is 0.231. The predicted molar refractivity (Wildman–Crippen MR) is 76.9 cm³/mol. The molecule has 2 rings (SSSR count). The van der Waals surface area contributed by atoms with Crippen LogP contribution in [0.25, 0.3) is 0 Å². The highest BCUT2D eigenvalue weighted by Gasteiger charge is 2.08. The van der Waals surface area contributed by atoms with Crippen LogP contribution in [0.3, 0.4) is 0 Å². The van der Waals surface area contributed by atoms with E-state index in [-0.39, 0.29) is 12.4 Å². The fourth-order valence-electron chi connectivity index (χ4n) is 1.64. The van der Waals surface area contributed by atoms with E-state index < -0.39 is 11.6 Å². The first-order chi connectivity index (χ1) is 10.1. The van der Waals surface area contributed by atoms with Gasteiger partial charge in [-0.3, -0.25) is 0 Å². The third kappa shape index (κ3) is 3.91. The van der Waals surface area contributed by atoms with Crippen LogP contribution in [0.5, 0.6) is 5.75 Å². The van der Waals surface area contributed by atoms with Crippen molar-refractivity contribution >= 4 is 23.1 Å². The second kappa shape index (κ2) is 7.03. The molecule has 0 radical (unpaired) electrons. The van der Waals surface area contributed by atoms with Gasteiger partial charge in [0.1, 0.15) is 24.4 Å². The minimum atomic E-state index is -0.740. The molecule has 8 heteroatoms. The Morgan fingerprint density at radius 3 is 2.81 bits per heavy atom. The molecular formula is C13H13ClF2N4O. The average molecular weight is 315 g/mol. The van der Waals surface area contributed by atoms with Crippen LogP contribution in [0.15, 0.2) is 24.5 Å². The van der Waals surface area contributed by atoms with Gasteiger partial charge < -0.3 is 15.4 Å². The first-order valence-corrected chi connectivity index (χ1v) is 6.49. The zero-order chi connectivity index (χ0) is 15.2. The maximum Gasteiger partial charge on any atom is 0.167 e. The van der Waals surface area contributed by atoms with Gasteiger partial charge in [-0.25, -0.2) is 18.7 Å². The summed E-state index contributed by atoms with van der Waals surface area (Å²) in [6, 6.07) is 3.15. The standard InChI is InChI=1S/C13H13ClF2N4O/c1-17-11-12(14)19-7-20-13(11)18-4-5-21-10-3-2-8(15)6-9(10)16/h2-3,6-7,17H,4-5H2,1H3,(H,18,19,20). The lowest BCUT2D eigenvalue weighted by atomic mass is 10.3. The molecule has 1 heterocycles. The summed E-state index contributed by atoms with van der Waals surface area (Å²) in [4.78, 5) is 7.88. The Kier molecular flexibility index (Phi) is 5.10. The van der Waals surface area contributed by atoms with Crippen LogP contribution in [-0.2, 0) is 0 Å². The Bertz CT molecular complexity index is 627. The van der Waals surface area contributed by atoms with E-state index in [0.29, 0.717) is 23.2 Å². The van der Waals surface area contributed by atoms with Gasteiger partial charge in [0.2, 0.25) is 0 Å². The van der Waals surface area contributed by atoms with Crippen molar-refractivity contribution in [2.45, 2.75) is 0 Å². The van der Waals surface area contributed by atoms with Gasteiger partial charge >= 0.3 is 0 Å². The highest BCUT2D eigenvalue weighted by Crippen LogP contribution is 2.25. The van der Waals surface area contributed by atoms with E-state index in [9.17, 15) is 8.78 Å². The van der Waals surface area contributed by atoms with Gasteiger partial charge in [0.15, 0.2) is 22.5 Å². The van der Waals surface area contributed by atoms with Crippen molar-refractivity contribution in [1.29, 1.82) is 0 Å². The summed E-state index contributed by atoms with van der Waals surface area (Å²) >= 11 is 5.90. The molecule has 0 amide bonds. The number of anilines is 2. The SMILES string of the molecule is CNc1c(Cl)ncnc1NCCOc1ccc(F)cc1F. The number of aromatic nitrogens is 2. The second-order valence-electron chi connectivity index (χ2n) is 3.99. The van der Waals surface area contributed by atoms with Crippen LogP contribution in [-0.4, -0.2) is 30.2 Å². The maximum absolute atomic E-state index is 13.3. The topological polar surface area (TPSA) is 59.1 Å². The first kappa shape index (κ1) is 15.2. The van der Waals surface area contributed by atoms with Crippen LogP contribution < -0.4 is 15.4 Å². The van der Waals surface area contributed by atoms with Crippen LogP contribution in [0, 0.1) is 11.6 Å². The molecule has 1 aromatic carbocycles. The van der Waals surface area contributed by atoms with Gasteiger partial charge in [-0.05, 0) is 12.1 Å². The lowest BCUT2D eigenvalue weighted by Gasteiger charge is -2.12. The highest BCUT2D eigenvalue weighted by atomic mass is 35.5. The minimum Gasteiger partial charge on any atom is -0.489 e. The molecule has 21 heavy (non-hydrogen) atoms. The molecule has 0 aliphatic carbocycles. The number of halogens is 3. The Hall–Kier alpha value is -2.15. The third-order valence-electron chi connectivity index (χ3n) is 2.60. The summed E-state index contributed by atoms with van der Waals surface area (Å²) in [5.41, 5.74) is 0.562. The number of rotatable bonds is 6. The van der Waals surface area contributed by atoms with Crippen LogP contribution in [0.1, 0.15) is 0 Å². The Morgan fingerprint density at radius 2 is 2.10 bits per heavy atom. The molecule has 0 atom stereocenters. The minimum absolute atomic E-state index is 0.00670. The van der Waals surface area contributed by atoms with E-state index in [2.05, 4.69) is 20.6 Å². The van der Waals surface area contributed by atoms with Gasteiger partial charge in [-0.1, -0.05) is 11.6 Å². The van der Waals surface area contributed by atoms with Crippen molar-refractivity contribution in [1.82, 2.24) is 9.97 Å². The van der Waals surface area contributed by atoms with Gasteiger partial charge in [0, 0.05) is 13.1 Å². The quantitative estimate of drug-likeness (QED) is 0.634. The number of nitrogens with zero attached hydrogens (tertiary/aromatic N) is 2. The Balaban J connectivity index is 1.89. The summed E-state index contributed by atoms with van der Waals surface area (Å²) in [7, 11) is 1.69. The molecule has 0 fully saturated rings. The summed E-state index contributed by atoms with van der Waals surface area (Å²) in [5.74, 6) is -0.878. The van der Waals surface area contributed by atoms with Crippen molar-refractivity contribution < 1.29 is 13.5 Å². The number of benzene rings is 1. The van der Waals surface area contributed by atoms with Crippen molar-refractivity contribution in [3.63, 3.8) is 0 Å². The molecule has 0 aliphatic rings. The van der Waals surface area contributed by atoms with Gasteiger partial charge in [0.25, 0.3) is 0 Å². The summed E-state index contributed by atoms with van der Waals surface area (Å²) < 4.78 is 31.3. The highest BCUT2D eigenvalue weighted by molar-refractivity contribution is 6.32. The lowest BCUT2D eigenvalue weighted by Crippen LogP contribution is -2.14. The molecule has 0 bridgehead atoms. The predicted octanol–water partition coefficient (Wildman–Crippen LogP) is 2.94. The molecule has 0 saturated heterocycles. The molecule has 2 aromatic rings. The van der Waals surface area contributed by atoms with Crippen molar-refractivity contribution in [3.05, 3.63) is 41.3 Å². The smallest absolute Gasteiger partial charge is 0.167 e. The normalized spacial score (nSPS) is 10.3. The van der Waals surface area contributed by atoms with Crippen LogP contribution >= 0.6 is 11.6 Å². The monoisotopic (exact) mass is 314 g/mol. The van der Waals surface area contributed by atoms with E-state index in [4.69, 9.17) is 16.3 Å². The van der Waals surface area contributed by atoms with Gasteiger partial charge in [0.05, 0.1) is 6.54 Å². The van der Waals surface area contributed by atoms with Crippen molar-refractivity contribution in [3.8, 4) is 5.75 Å². The molecule has 5 nitrogen and oxygen atoms in total. The number of ether oxygens (including phenoxy) is 1. The Morgan fingerprint density at radius 1 is 1.29 bits per heavy atom. The van der Waals surface area contributed by atoms with Crippen LogP contribution in [0.2, 0.25) is 5.15 Å². The van der Waals surface area contributed by atoms with Gasteiger partial charge in [-0.2, -0.15) is 0 Å². The largest absolute Gasteiger partial charge is 0.489 e. The zero-order valence-corrected chi connectivity index (χ0v) is 11.9. The first-order valence-electron chi connectivity index (χ1n) is 6.11. The molecule has 112 valence electrons. The molecule has 1 aromatic heterocycles. The van der Waals surface area contributed by atoms with Crippen LogP contribution in [0.4, 0.5) is 20.3 Å². The molecule has 0 unspecified atom stereocenters. The molecule has 0 aliphatic heterocycles. The van der Waals surface area contributed by atoms with E-state index in [1.165, 1.54) is 12.4 Å². The number of hydrogen-bond acceptors (Lipinski definition) is 5. The molecular weight excluding hydrogens is 302 g/mol. The zero-order valence-electron chi connectivity index (χ0n) is 11.2. The average Bonchev–Trinajstić information content (AvgIpc) is 2.45. The summed E-state index contributed by atoms with van der Waals surface area (Å²) in [6.45, 7) is 0.534. The Labute approximate surface area is 125 Å². The van der Waals surface area contributed by atoms with Gasteiger partial charge in [-0.15, -0.1) is 0 Å². The third-order valence-corrected chi connectivity index (χ3v) is 2.88. The number of hydrogen-bond donors (Lipinski definition) is 2. The number of nitrogens with one attached hydrogen (secondary N) is 2. The van der Waals surface area contributed by atoms with Crippen molar-refractivity contribution in [2.24, 2.45) is 0 Å². The molecule has 0 saturated carbocycles. The molecule has 0 spiro atoms. The summed E-state index contributed by atoms with van der Waals surface area (Å²) in [5, 5.41) is 6.15. The summed E-state index contributed by atoms with van der Waals surface area (Å²) in [6.07, 6.45) is 1.33. The second-order valence-corrected chi connectivity index (χ2v) is 4.35. The molecule has 2 N–H and O–H groups in total. The van der Waals surface area contributed by atoms with Crippen molar-refractivity contribution in [2.75, 3.05) is 30.8 Å². The van der Waals surface area contributed by atoms with E-state index in [1.54, 1.807) is 7.05 Å². The maximum atomic E-state index is 13.3. The van der Waals surface area contributed by atoms with E-state index >= 15 is 0 Å². The van der Waals surface area contributed by atoms with E-state index in [0.717, 1.165) is 12.1 Å².